The molecule has 6 heteroatoms. The predicted molar refractivity (Wildman–Crippen MR) is 152 cm³/mol. The van der Waals surface area contributed by atoms with E-state index >= 15 is 0 Å². The summed E-state index contributed by atoms with van der Waals surface area (Å²) in [7, 11) is -2.10. The summed E-state index contributed by atoms with van der Waals surface area (Å²) in [5.74, 6) is 3.21. The molecule has 0 aliphatic heterocycles. The summed E-state index contributed by atoms with van der Waals surface area (Å²) in [6.07, 6.45) is 2.34. The molecule has 3 aliphatic rings. The van der Waals surface area contributed by atoms with Crippen molar-refractivity contribution in [3.05, 3.63) is 12.2 Å². The van der Waals surface area contributed by atoms with Crippen molar-refractivity contribution >= 4 is 16.6 Å². The molecule has 3 rings (SSSR count). The Labute approximate surface area is 219 Å². The maximum absolute atomic E-state index is 7.29. The van der Waals surface area contributed by atoms with Crippen molar-refractivity contribution in [1.29, 1.82) is 0 Å². The molecule has 0 bridgehead atoms. The van der Waals surface area contributed by atoms with Crippen LogP contribution in [0.2, 0.25) is 36.3 Å². The van der Waals surface area contributed by atoms with Crippen molar-refractivity contribution < 1.29 is 18.3 Å². The van der Waals surface area contributed by atoms with Crippen LogP contribution in [-0.2, 0) is 18.3 Å². The molecule has 204 valence electrons. The van der Waals surface area contributed by atoms with Crippen molar-refractivity contribution in [2.24, 2.45) is 35.0 Å². The first-order valence-electron chi connectivity index (χ1n) is 13.9. The third-order valence-corrected chi connectivity index (χ3v) is 19.7. The fourth-order valence-corrected chi connectivity index (χ4v) is 9.27. The summed E-state index contributed by atoms with van der Waals surface area (Å²) in [6, 6.07) is 0. The van der Waals surface area contributed by atoms with Crippen LogP contribution in [0.1, 0.15) is 68.2 Å². The third-order valence-electron chi connectivity index (χ3n) is 10.8. The highest BCUT2D eigenvalue weighted by molar-refractivity contribution is 6.74. The lowest BCUT2D eigenvalue weighted by Crippen LogP contribution is -2.60. The van der Waals surface area contributed by atoms with Crippen molar-refractivity contribution in [1.82, 2.24) is 0 Å². The number of fused-ring (bicyclic) bond motifs is 3. The molecule has 0 unspecified atom stereocenters. The molecule has 0 amide bonds. The molecule has 8 atom stereocenters. The van der Waals surface area contributed by atoms with E-state index in [1.807, 2.05) is 0 Å². The van der Waals surface area contributed by atoms with Crippen molar-refractivity contribution in [3.8, 4) is 0 Å². The van der Waals surface area contributed by atoms with Gasteiger partial charge in [-0.3, -0.25) is 0 Å². The molecular weight excluding hydrogens is 468 g/mol. The zero-order valence-corrected chi connectivity index (χ0v) is 27.2. The molecule has 35 heavy (non-hydrogen) atoms. The monoisotopic (exact) mass is 524 g/mol. The van der Waals surface area contributed by atoms with Crippen LogP contribution >= 0.6 is 0 Å². The van der Waals surface area contributed by atoms with E-state index in [4.69, 9.17) is 18.3 Å². The van der Waals surface area contributed by atoms with Gasteiger partial charge in [-0.05, 0) is 91.0 Å². The molecule has 4 nitrogen and oxygen atoms in total. The average Bonchev–Trinajstić information content (AvgIpc) is 3.28. The fraction of sp³-hybridized carbons (Fsp3) is 0.931. The number of rotatable bonds is 9. The van der Waals surface area contributed by atoms with Gasteiger partial charge in [0.25, 0.3) is 0 Å². The molecule has 3 aliphatic carbocycles. The van der Waals surface area contributed by atoms with Gasteiger partial charge < -0.3 is 18.3 Å². The highest BCUT2D eigenvalue weighted by Gasteiger charge is 2.72. The van der Waals surface area contributed by atoms with Crippen LogP contribution in [0.3, 0.4) is 0 Å². The topological polar surface area (TPSA) is 36.9 Å². The fourth-order valence-electron chi connectivity index (χ4n) is 6.80. The predicted octanol–water partition coefficient (Wildman–Crippen LogP) is 7.87. The van der Waals surface area contributed by atoms with E-state index < -0.39 is 16.6 Å². The molecule has 0 N–H and O–H groups in total. The van der Waals surface area contributed by atoms with Gasteiger partial charge in [-0.25, -0.2) is 0 Å². The molecule has 3 saturated carbocycles. The summed E-state index contributed by atoms with van der Waals surface area (Å²) in [6.45, 7) is 33.8. The van der Waals surface area contributed by atoms with Crippen LogP contribution in [0.5, 0.6) is 0 Å². The first-order valence-corrected chi connectivity index (χ1v) is 19.7. The zero-order chi connectivity index (χ0) is 26.8. The van der Waals surface area contributed by atoms with Crippen LogP contribution in [-0.4, -0.2) is 49.4 Å². The Kier molecular flexibility index (Phi) is 8.14. The second kappa shape index (κ2) is 9.64. The van der Waals surface area contributed by atoms with Gasteiger partial charge >= 0.3 is 0 Å². The standard InChI is InChI=1S/C29H56O4Si2/c1-19(2)23-21-16-29(9)25(24(21)23)20(17-32-34(11,12)27(3,4)5)15-22(31-18-30-10)26(29)33-35(13,14)28(6,7)8/h20-26H,1,15-18H2,2-14H3/t20-,21-,22-,23-,24-,25-,26+,29+/m1/s1. The maximum atomic E-state index is 7.29. The molecule has 0 aromatic carbocycles. The highest BCUT2D eigenvalue weighted by Crippen LogP contribution is 2.74. The molecule has 0 radical (unpaired) electrons. The summed E-state index contributed by atoms with van der Waals surface area (Å²) >= 11 is 0. The van der Waals surface area contributed by atoms with Crippen molar-refractivity contribution in [3.63, 3.8) is 0 Å². The molecular formula is C29H56O4Si2. The Balaban J connectivity index is 1.96. The first-order chi connectivity index (χ1) is 15.8. The van der Waals surface area contributed by atoms with Crippen LogP contribution in [0.15, 0.2) is 12.2 Å². The van der Waals surface area contributed by atoms with E-state index in [9.17, 15) is 0 Å². The number of allylic oxidation sites excluding steroid dienone is 1. The van der Waals surface area contributed by atoms with E-state index in [0.29, 0.717) is 24.5 Å². The van der Waals surface area contributed by atoms with E-state index in [1.54, 1.807) is 7.11 Å². The smallest absolute Gasteiger partial charge is 0.192 e. The first kappa shape index (κ1) is 29.6. The summed E-state index contributed by atoms with van der Waals surface area (Å²) in [4.78, 5) is 0. The van der Waals surface area contributed by atoms with E-state index in [0.717, 1.165) is 24.9 Å². The van der Waals surface area contributed by atoms with Gasteiger partial charge in [0.1, 0.15) is 6.79 Å². The number of ether oxygens (including phenoxy) is 2. The Hall–Kier alpha value is 0.0138. The molecule has 0 heterocycles. The van der Waals surface area contributed by atoms with Crippen LogP contribution in [0, 0.1) is 35.0 Å². The molecule has 0 saturated heterocycles. The summed E-state index contributed by atoms with van der Waals surface area (Å²) in [5.41, 5.74) is 1.46. The second-order valence-corrected chi connectivity index (χ2v) is 24.9. The molecule has 0 spiro atoms. The molecule has 0 aromatic heterocycles. The summed E-state index contributed by atoms with van der Waals surface area (Å²) < 4.78 is 26.0. The number of methoxy groups -OCH3 is 1. The van der Waals surface area contributed by atoms with Crippen LogP contribution < -0.4 is 0 Å². The van der Waals surface area contributed by atoms with Gasteiger partial charge in [0.2, 0.25) is 0 Å². The minimum Gasteiger partial charge on any atom is -0.417 e. The average molecular weight is 525 g/mol. The lowest BCUT2D eigenvalue weighted by molar-refractivity contribution is -0.185. The normalized spacial score (nSPS) is 37.7. The van der Waals surface area contributed by atoms with Crippen molar-refractivity contribution in [2.75, 3.05) is 20.5 Å². The lowest BCUT2D eigenvalue weighted by atomic mass is 9.59. The minimum atomic E-state index is -1.98. The number of hydrogen-bond donors (Lipinski definition) is 0. The third kappa shape index (κ3) is 5.45. The van der Waals surface area contributed by atoms with Crippen LogP contribution in [0.25, 0.3) is 0 Å². The van der Waals surface area contributed by atoms with Gasteiger partial charge in [0, 0.05) is 13.7 Å². The Morgan fingerprint density at radius 3 is 2.06 bits per heavy atom. The Morgan fingerprint density at radius 1 is 1.00 bits per heavy atom. The quantitative estimate of drug-likeness (QED) is 0.175. The molecule has 0 aromatic rings. The number of hydrogen-bond acceptors (Lipinski definition) is 4. The van der Waals surface area contributed by atoms with Gasteiger partial charge in [0.15, 0.2) is 16.6 Å². The Morgan fingerprint density at radius 2 is 1.57 bits per heavy atom. The van der Waals surface area contributed by atoms with Gasteiger partial charge in [-0.2, -0.15) is 0 Å². The largest absolute Gasteiger partial charge is 0.417 e. The molecule has 3 fully saturated rings. The van der Waals surface area contributed by atoms with Crippen LogP contribution in [0.4, 0.5) is 0 Å². The van der Waals surface area contributed by atoms with Gasteiger partial charge in [-0.1, -0.05) is 60.6 Å². The Bertz CT molecular complexity index is 781. The van der Waals surface area contributed by atoms with Crippen molar-refractivity contribution in [2.45, 2.75) is 117 Å². The summed E-state index contributed by atoms with van der Waals surface area (Å²) in [5, 5.41) is 0.373. The lowest BCUT2D eigenvalue weighted by Gasteiger charge is -2.56. The minimum absolute atomic E-state index is 0.0409. The van der Waals surface area contributed by atoms with Gasteiger partial charge in [-0.15, -0.1) is 0 Å². The van der Waals surface area contributed by atoms with E-state index in [1.165, 1.54) is 12.0 Å². The van der Waals surface area contributed by atoms with E-state index in [-0.39, 0.29) is 27.7 Å². The maximum Gasteiger partial charge on any atom is 0.192 e. The highest BCUT2D eigenvalue weighted by atomic mass is 28.4. The second-order valence-electron chi connectivity index (χ2n) is 15.3. The van der Waals surface area contributed by atoms with E-state index in [2.05, 4.69) is 88.2 Å². The van der Waals surface area contributed by atoms with Gasteiger partial charge in [0.05, 0.1) is 12.2 Å². The zero-order valence-electron chi connectivity index (χ0n) is 25.2. The SMILES string of the molecule is C=C(C)[C@@H]1[C@H]2C[C@@]3(C)[C@H]([C@@H](CO[Si](C)(C)C(C)(C)C)C[C@@H](OCOC)[C@@H]3O[Si](C)(C)C(C)(C)C)[C@H]21.